The van der Waals surface area contributed by atoms with Gasteiger partial charge in [0.05, 0.1) is 23.6 Å². The molecule has 0 fully saturated rings. The van der Waals surface area contributed by atoms with Crippen molar-refractivity contribution in [3.8, 4) is 5.75 Å². The van der Waals surface area contributed by atoms with Crippen LogP contribution in [0.4, 0.5) is 5.69 Å². The molecule has 1 N–H and O–H groups in total. The van der Waals surface area contributed by atoms with Gasteiger partial charge in [0.2, 0.25) is 17.1 Å². The smallest absolute Gasteiger partial charge is 0.244 e. The molecular weight excluding hydrogens is 442 g/mol. The maximum Gasteiger partial charge on any atom is 0.244 e. The van der Waals surface area contributed by atoms with Crippen molar-refractivity contribution in [3.05, 3.63) is 98.9 Å². The molecule has 0 unspecified atom stereocenters. The zero-order valence-electron chi connectivity index (χ0n) is 18.0. The summed E-state index contributed by atoms with van der Waals surface area (Å²) in [7, 11) is 1.46. The Balaban J connectivity index is 1.79. The maximum absolute atomic E-state index is 13.3. The van der Waals surface area contributed by atoms with E-state index in [0.717, 1.165) is 0 Å². The summed E-state index contributed by atoms with van der Waals surface area (Å²) in [6.45, 7) is 1.63. The number of para-hydroxylation sites is 1. The molecule has 0 bridgehead atoms. The zero-order chi connectivity index (χ0) is 23.5. The van der Waals surface area contributed by atoms with Gasteiger partial charge in [0.15, 0.2) is 0 Å². The SMILES string of the molecule is COc1ccccc1C(=O)c1cn(CC(=O)Nc2cccc(Cl)c2)c2nc(C)ccc2c1=O. The average Bonchev–Trinajstić information content (AvgIpc) is 2.80. The lowest BCUT2D eigenvalue weighted by Crippen LogP contribution is -2.25. The number of nitrogens with zero attached hydrogens (tertiary/aromatic N) is 2. The number of benzene rings is 2. The molecule has 0 aliphatic carbocycles. The summed E-state index contributed by atoms with van der Waals surface area (Å²) in [4.78, 5) is 43.7. The number of aryl methyl sites for hydroxylation is 1. The van der Waals surface area contributed by atoms with Gasteiger partial charge in [-0.1, -0.05) is 29.8 Å². The third kappa shape index (κ3) is 4.63. The number of aromatic nitrogens is 2. The van der Waals surface area contributed by atoms with Gasteiger partial charge in [-0.15, -0.1) is 0 Å². The summed E-state index contributed by atoms with van der Waals surface area (Å²) in [6.07, 6.45) is 1.38. The number of carbonyl (C=O) groups excluding carboxylic acids is 2. The number of nitrogens with one attached hydrogen (secondary N) is 1. The average molecular weight is 462 g/mol. The van der Waals surface area contributed by atoms with Gasteiger partial charge in [-0.05, 0) is 49.4 Å². The molecule has 2 aromatic heterocycles. The molecule has 0 saturated carbocycles. The topological polar surface area (TPSA) is 90.3 Å². The highest BCUT2D eigenvalue weighted by Crippen LogP contribution is 2.21. The van der Waals surface area contributed by atoms with Gasteiger partial charge in [-0.2, -0.15) is 0 Å². The van der Waals surface area contributed by atoms with Crippen molar-refractivity contribution in [2.45, 2.75) is 13.5 Å². The number of methoxy groups -OCH3 is 1. The Kier molecular flexibility index (Phi) is 6.24. The molecule has 166 valence electrons. The van der Waals surface area contributed by atoms with E-state index in [0.29, 0.717) is 27.8 Å². The Morgan fingerprint density at radius 1 is 1.06 bits per heavy atom. The van der Waals surface area contributed by atoms with Crippen LogP contribution >= 0.6 is 11.6 Å². The van der Waals surface area contributed by atoms with Crippen molar-refractivity contribution < 1.29 is 14.3 Å². The van der Waals surface area contributed by atoms with Crippen molar-refractivity contribution in [2.24, 2.45) is 0 Å². The number of hydrogen-bond acceptors (Lipinski definition) is 5. The maximum atomic E-state index is 13.3. The molecule has 0 aliphatic rings. The Hall–Kier alpha value is -3.97. The van der Waals surface area contributed by atoms with Crippen molar-refractivity contribution in [1.29, 1.82) is 0 Å². The number of ketones is 1. The van der Waals surface area contributed by atoms with Crippen molar-refractivity contribution in [2.75, 3.05) is 12.4 Å². The first-order valence-electron chi connectivity index (χ1n) is 10.1. The Labute approximate surface area is 194 Å². The van der Waals surface area contributed by atoms with E-state index in [1.165, 1.54) is 17.9 Å². The predicted molar refractivity (Wildman–Crippen MR) is 127 cm³/mol. The van der Waals surface area contributed by atoms with Gasteiger partial charge in [-0.3, -0.25) is 14.4 Å². The first-order chi connectivity index (χ1) is 15.9. The van der Waals surface area contributed by atoms with E-state index < -0.39 is 11.2 Å². The van der Waals surface area contributed by atoms with Crippen LogP contribution in [0.25, 0.3) is 11.0 Å². The molecule has 0 atom stereocenters. The summed E-state index contributed by atoms with van der Waals surface area (Å²) < 4.78 is 6.79. The zero-order valence-corrected chi connectivity index (χ0v) is 18.7. The first kappa shape index (κ1) is 22.2. The summed E-state index contributed by atoms with van der Waals surface area (Å²) in [5, 5.41) is 3.51. The largest absolute Gasteiger partial charge is 0.496 e. The molecule has 33 heavy (non-hydrogen) atoms. The summed E-state index contributed by atoms with van der Waals surface area (Å²) in [5.74, 6) is -0.501. The minimum atomic E-state index is -0.496. The number of ether oxygens (including phenoxy) is 1. The van der Waals surface area contributed by atoms with Gasteiger partial charge in [-0.25, -0.2) is 4.98 Å². The molecule has 1 amide bonds. The van der Waals surface area contributed by atoms with Gasteiger partial charge < -0.3 is 14.6 Å². The van der Waals surface area contributed by atoms with Crippen LogP contribution in [0.15, 0.2) is 71.7 Å². The van der Waals surface area contributed by atoms with Crippen molar-refractivity contribution >= 4 is 40.0 Å². The molecule has 0 aliphatic heterocycles. The molecule has 0 radical (unpaired) electrons. The van der Waals surface area contributed by atoms with E-state index >= 15 is 0 Å². The van der Waals surface area contributed by atoms with E-state index in [2.05, 4.69) is 10.3 Å². The molecule has 0 spiro atoms. The second kappa shape index (κ2) is 9.26. The fourth-order valence-corrected chi connectivity index (χ4v) is 3.73. The summed E-state index contributed by atoms with van der Waals surface area (Å²) in [5.41, 5.74) is 1.25. The molecule has 4 aromatic rings. The first-order valence-corrected chi connectivity index (χ1v) is 10.5. The minimum Gasteiger partial charge on any atom is -0.496 e. The second-order valence-electron chi connectivity index (χ2n) is 7.41. The normalized spacial score (nSPS) is 10.8. The monoisotopic (exact) mass is 461 g/mol. The minimum absolute atomic E-state index is 0.0757. The summed E-state index contributed by atoms with van der Waals surface area (Å²) in [6, 6.07) is 16.7. The van der Waals surface area contributed by atoms with Crippen molar-refractivity contribution in [1.82, 2.24) is 9.55 Å². The highest BCUT2D eigenvalue weighted by Gasteiger charge is 2.21. The van der Waals surface area contributed by atoms with E-state index in [-0.39, 0.29) is 29.0 Å². The molecule has 0 saturated heterocycles. The van der Waals surface area contributed by atoms with E-state index in [4.69, 9.17) is 16.3 Å². The Bertz CT molecular complexity index is 1450. The van der Waals surface area contributed by atoms with Gasteiger partial charge >= 0.3 is 0 Å². The van der Waals surface area contributed by atoms with Crippen LogP contribution in [0.1, 0.15) is 21.6 Å². The summed E-state index contributed by atoms with van der Waals surface area (Å²) >= 11 is 5.99. The number of carbonyl (C=O) groups is 2. The van der Waals surface area contributed by atoms with Crippen LogP contribution < -0.4 is 15.5 Å². The van der Waals surface area contributed by atoms with Crippen LogP contribution in [-0.4, -0.2) is 28.4 Å². The fourth-order valence-electron chi connectivity index (χ4n) is 3.54. The van der Waals surface area contributed by atoms with Crippen LogP contribution in [0.5, 0.6) is 5.75 Å². The van der Waals surface area contributed by atoms with Crippen LogP contribution in [0, 0.1) is 6.92 Å². The van der Waals surface area contributed by atoms with E-state index in [1.54, 1.807) is 67.6 Å². The third-order valence-electron chi connectivity index (χ3n) is 5.08. The lowest BCUT2D eigenvalue weighted by molar-refractivity contribution is -0.116. The molecular formula is C25H20ClN3O4. The standard InChI is InChI=1S/C25H20ClN3O4/c1-15-10-11-19-24(32)20(23(31)18-8-3-4-9-21(18)33-2)13-29(25(19)27-15)14-22(30)28-17-7-5-6-16(26)12-17/h3-13H,14H2,1-2H3,(H,28,30). The fraction of sp³-hybridized carbons (Fsp3) is 0.120. The van der Waals surface area contributed by atoms with Crippen LogP contribution in [-0.2, 0) is 11.3 Å². The van der Waals surface area contributed by atoms with Crippen LogP contribution in [0.3, 0.4) is 0 Å². The highest BCUT2D eigenvalue weighted by atomic mass is 35.5. The number of halogens is 1. The number of pyridine rings is 2. The third-order valence-corrected chi connectivity index (χ3v) is 5.31. The Morgan fingerprint density at radius 3 is 2.61 bits per heavy atom. The number of hydrogen-bond donors (Lipinski definition) is 1. The van der Waals surface area contributed by atoms with E-state index in [9.17, 15) is 14.4 Å². The second-order valence-corrected chi connectivity index (χ2v) is 7.85. The number of anilines is 1. The lowest BCUT2D eigenvalue weighted by atomic mass is 10.0. The van der Waals surface area contributed by atoms with Gasteiger partial charge in [0.1, 0.15) is 17.9 Å². The van der Waals surface area contributed by atoms with E-state index in [1.807, 2.05) is 0 Å². The molecule has 2 heterocycles. The predicted octanol–water partition coefficient (Wildman–Crippen LogP) is 4.24. The quantitative estimate of drug-likeness (QED) is 0.434. The van der Waals surface area contributed by atoms with Gasteiger partial charge in [0, 0.05) is 22.6 Å². The lowest BCUT2D eigenvalue weighted by Gasteiger charge is -2.14. The number of fused-ring (bicyclic) bond motifs is 1. The van der Waals surface area contributed by atoms with Crippen molar-refractivity contribution in [3.63, 3.8) is 0 Å². The number of rotatable bonds is 6. The molecule has 4 rings (SSSR count). The molecule has 2 aromatic carbocycles. The van der Waals surface area contributed by atoms with Gasteiger partial charge in [0.25, 0.3) is 0 Å². The highest BCUT2D eigenvalue weighted by molar-refractivity contribution is 6.30. The number of amides is 1. The van der Waals surface area contributed by atoms with Crippen LogP contribution in [0.2, 0.25) is 5.02 Å². The molecule has 7 nitrogen and oxygen atoms in total. The Morgan fingerprint density at radius 2 is 1.85 bits per heavy atom. The molecule has 8 heteroatoms.